The molecule has 7 nitrogen and oxygen atoms in total. The average molecular weight is 615 g/mol. The number of phenolic OH excluding ortho intramolecular Hbond substituents is 2. The van der Waals surface area contributed by atoms with Gasteiger partial charge in [0.2, 0.25) is 0 Å². The van der Waals surface area contributed by atoms with E-state index in [1.54, 1.807) is 30.3 Å². The van der Waals surface area contributed by atoms with Gasteiger partial charge < -0.3 is 24.4 Å². The first-order chi connectivity index (χ1) is 21.9. The van der Waals surface area contributed by atoms with Crippen molar-refractivity contribution in [2.24, 2.45) is 0 Å². The molecular weight excluding hydrogens is 568 g/mol. The van der Waals surface area contributed by atoms with E-state index in [0.29, 0.717) is 28.7 Å². The van der Waals surface area contributed by atoms with Crippen LogP contribution in [0, 0.1) is 0 Å². The third kappa shape index (κ3) is 7.46. The summed E-state index contributed by atoms with van der Waals surface area (Å²) in [4.78, 5) is 26.2. The first kappa shape index (κ1) is 32.4. The van der Waals surface area contributed by atoms with E-state index >= 15 is 0 Å². The minimum absolute atomic E-state index is 0.0275. The lowest BCUT2D eigenvalue weighted by molar-refractivity contribution is -0.134. The largest absolute Gasteiger partial charge is 0.508 e. The second-order valence-electron chi connectivity index (χ2n) is 12.4. The van der Waals surface area contributed by atoms with Gasteiger partial charge >= 0.3 is 11.9 Å². The second-order valence-corrected chi connectivity index (χ2v) is 12.4. The molecule has 7 heteroatoms. The van der Waals surface area contributed by atoms with Crippen LogP contribution in [0.15, 0.2) is 54.6 Å². The summed E-state index contributed by atoms with van der Waals surface area (Å²) in [6.07, 6.45) is 18.9. The fourth-order valence-corrected chi connectivity index (χ4v) is 6.64. The van der Waals surface area contributed by atoms with Gasteiger partial charge in [0.1, 0.15) is 28.7 Å². The van der Waals surface area contributed by atoms with Crippen LogP contribution in [0.3, 0.4) is 0 Å². The molecule has 2 heterocycles. The van der Waals surface area contributed by atoms with Gasteiger partial charge in [-0.3, -0.25) is 4.79 Å². The molecule has 2 aliphatic rings. The summed E-state index contributed by atoms with van der Waals surface area (Å²) in [7, 11) is 0. The predicted octanol–water partition coefficient (Wildman–Crippen LogP) is 9.83. The number of carbonyl (C=O) groups excluding carboxylic acids is 2. The van der Waals surface area contributed by atoms with Crippen LogP contribution in [-0.2, 0) is 15.1 Å². The number of fused-ring (bicyclic) bond motifs is 6. The standard InChI is InChI=1S/C38H46O7/c1-2-3-4-5-6-7-8-9-10-11-12-13-14-15-16-21-35(41)44-34-26-28(40)25-33-36(34)38(31-23-22-27(39)24-32(31)43-33)30-20-18-17-19-29(30)37(42)45-38/h17-20,22-26,39-40H,2-16,21H2,1H3. The molecule has 0 saturated carbocycles. The van der Waals surface area contributed by atoms with Crippen LogP contribution in [-0.4, -0.2) is 22.2 Å². The number of esters is 2. The number of hydrogen-bond donors (Lipinski definition) is 2. The van der Waals surface area contributed by atoms with Crippen molar-refractivity contribution in [2.75, 3.05) is 0 Å². The molecule has 0 aromatic heterocycles. The molecule has 0 aliphatic carbocycles. The van der Waals surface area contributed by atoms with Crippen molar-refractivity contribution >= 4 is 11.9 Å². The van der Waals surface area contributed by atoms with Crippen molar-refractivity contribution in [2.45, 2.75) is 115 Å². The molecule has 240 valence electrons. The first-order valence-corrected chi connectivity index (χ1v) is 16.9. The highest BCUT2D eigenvalue weighted by Crippen LogP contribution is 2.59. The van der Waals surface area contributed by atoms with E-state index in [-0.39, 0.29) is 35.2 Å². The Hall–Kier alpha value is -4.00. The summed E-state index contributed by atoms with van der Waals surface area (Å²) in [6, 6.07) is 14.3. The van der Waals surface area contributed by atoms with Gasteiger partial charge in [0.25, 0.3) is 0 Å². The van der Waals surface area contributed by atoms with Gasteiger partial charge in [-0.2, -0.15) is 0 Å². The van der Waals surface area contributed by atoms with Crippen molar-refractivity contribution in [1.29, 1.82) is 0 Å². The van der Waals surface area contributed by atoms with Gasteiger partial charge in [-0.15, -0.1) is 0 Å². The molecule has 0 amide bonds. The smallest absolute Gasteiger partial charge is 0.340 e. The van der Waals surface area contributed by atoms with Crippen molar-refractivity contribution in [3.63, 3.8) is 0 Å². The summed E-state index contributed by atoms with van der Waals surface area (Å²) < 4.78 is 18.1. The minimum atomic E-state index is -1.48. The topological polar surface area (TPSA) is 102 Å². The predicted molar refractivity (Wildman–Crippen MR) is 173 cm³/mol. The Morgan fingerprint density at radius 3 is 1.98 bits per heavy atom. The van der Waals surface area contributed by atoms with E-state index in [9.17, 15) is 19.8 Å². The number of rotatable bonds is 17. The van der Waals surface area contributed by atoms with Crippen molar-refractivity contribution < 1.29 is 34.0 Å². The lowest BCUT2D eigenvalue weighted by Gasteiger charge is -2.37. The maximum atomic E-state index is 13.1. The van der Waals surface area contributed by atoms with Gasteiger partial charge in [-0.05, 0) is 24.6 Å². The van der Waals surface area contributed by atoms with E-state index in [0.717, 1.165) is 12.8 Å². The van der Waals surface area contributed by atoms with Gasteiger partial charge in [0, 0.05) is 35.7 Å². The number of ether oxygens (including phenoxy) is 3. The third-order valence-corrected chi connectivity index (χ3v) is 8.95. The van der Waals surface area contributed by atoms with Crippen LogP contribution in [0.25, 0.3) is 0 Å². The molecule has 2 N–H and O–H groups in total. The number of carbonyl (C=O) groups is 2. The van der Waals surface area contributed by atoms with Gasteiger partial charge in [-0.25, -0.2) is 4.79 Å². The Labute approximate surface area is 266 Å². The second kappa shape index (κ2) is 15.3. The molecule has 3 aromatic rings. The maximum Gasteiger partial charge on any atom is 0.340 e. The zero-order valence-electron chi connectivity index (χ0n) is 26.4. The molecule has 0 saturated heterocycles. The Kier molecular flexibility index (Phi) is 11.0. The molecule has 1 atom stereocenters. The average Bonchev–Trinajstić information content (AvgIpc) is 3.30. The number of phenols is 2. The third-order valence-electron chi connectivity index (χ3n) is 8.95. The van der Waals surface area contributed by atoms with Crippen molar-refractivity contribution in [3.05, 3.63) is 76.9 Å². The molecule has 1 spiro atoms. The molecular formula is C38H46O7. The summed E-state index contributed by atoms with van der Waals surface area (Å²) in [5.41, 5.74) is 0.268. The van der Waals surface area contributed by atoms with Gasteiger partial charge in [0.15, 0.2) is 5.60 Å². The van der Waals surface area contributed by atoms with E-state index in [4.69, 9.17) is 14.2 Å². The number of hydrogen-bond acceptors (Lipinski definition) is 7. The minimum Gasteiger partial charge on any atom is -0.508 e. The SMILES string of the molecule is CCCCCCCCCCCCCCCCCC(=O)Oc1cc(O)cc2c1C1(OC(=O)c3ccccc31)c1ccc(O)cc1O2. The first-order valence-electron chi connectivity index (χ1n) is 16.9. The van der Waals surface area contributed by atoms with Crippen molar-refractivity contribution in [3.8, 4) is 28.7 Å². The van der Waals surface area contributed by atoms with Crippen LogP contribution in [0.2, 0.25) is 0 Å². The lowest BCUT2D eigenvalue weighted by Crippen LogP contribution is -2.34. The molecule has 3 aromatic carbocycles. The highest BCUT2D eigenvalue weighted by molar-refractivity contribution is 5.97. The van der Waals surface area contributed by atoms with Crippen LogP contribution in [0.1, 0.15) is 137 Å². The monoisotopic (exact) mass is 614 g/mol. The normalized spacial score (nSPS) is 16.1. The maximum absolute atomic E-state index is 13.1. The highest BCUT2D eigenvalue weighted by Gasteiger charge is 2.55. The van der Waals surface area contributed by atoms with E-state index in [2.05, 4.69) is 6.92 Å². The van der Waals surface area contributed by atoms with Crippen LogP contribution < -0.4 is 9.47 Å². The Bertz CT molecular complexity index is 1480. The molecule has 1 unspecified atom stereocenters. The zero-order chi connectivity index (χ0) is 31.6. The van der Waals surface area contributed by atoms with Crippen molar-refractivity contribution in [1.82, 2.24) is 0 Å². The molecule has 0 fully saturated rings. The quantitative estimate of drug-likeness (QED) is 0.0886. The van der Waals surface area contributed by atoms with E-state index in [1.165, 1.54) is 101 Å². The highest BCUT2D eigenvalue weighted by atomic mass is 16.6. The molecule has 45 heavy (non-hydrogen) atoms. The Morgan fingerprint density at radius 2 is 1.31 bits per heavy atom. The lowest BCUT2D eigenvalue weighted by atomic mass is 9.77. The number of benzene rings is 3. The van der Waals surface area contributed by atoms with Crippen LogP contribution in [0.5, 0.6) is 28.7 Å². The Morgan fingerprint density at radius 1 is 0.711 bits per heavy atom. The summed E-state index contributed by atoms with van der Waals surface area (Å²) in [5, 5.41) is 20.7. The van der Waals surface area contributed by atoms with Crippen LogP contribution in [0.4, 0.5) is 0 Å². The fraction of sp³-hybridized carbons (Fsp3) is 0.474. The zero-order valence-corrected chi connectivity index (χ0v) is 26.4. The summed E-state index contributed by atoms with van der Waals surface area (Å²) >= 11 is 0. The Balaban J connectivity index is 1.16. The van der Waals surface area contributed by atoms with Gasteiger partial charge in [0.05, 0.1) is 11.1 Å². The van der Waals surface area contributed by atoms with Crippen LogP contribution >= 0.6 is 0 Å². The molecule has 0 bridgehead atoms. The number of unbranched alkanes of at least 4 members (excludes halogenated alkanes) is 14. The van der Waals surface area contributed by atoms with E-state index in [1.807, 2.05) is 0 Å². The molecule has 5 rings (SSSR count). The summed E-state index contributed by atoms with van der Waals surface area (Å²) in [5.74, 6) is -0.637. The number of aromatic hydroxyl groups is 2. The summed E-state index contributed by atoms with van der Waals surface area (Å²) in [6.45, 7) is 2.26. The molecule has 0 radical (unpaired) electrons. The fourth-order valence-electron chi connectivity index (χ4n) is 6.64. The molecule has 2 aliphatic heterocycles. The van der Waals surface area contributed by atoms with E-state index < -0.39 is 17.5 Å². The van der Waals surface area contributed by atoms with Gasteiger partial charge in [-0.1, -0.05) is 115 Å².